The highest BCUT2D eigenvalue weighted by Gasteiger charge is 2.39. The maximum absolute atomic E-state index is 12.3. The van der Waals surface area contributed by atoms with E-state index in [9.17, 15) is 4.21 Å². The fourth-order valence-corrected chi connectivity index (χ4v) is 4.27. The van der Waals surface area contributed by atoms with Crippen LogP contribution in [0.3, 0.4) is 0 Å². The Hall–Kier alpha value is 0.110. The molecule has 1 aliphatic rings. The van der Waals surface area contributed by atoms with Crippen molar-refractivity contribution in [1.82, 2.24) is 5.32 Å². The Balaban J connectivity index is 2.63. The van der Waals surface area contributed by atoms with Crippen LogP contribution in [0.4, 0.5) is 0 Å². The number of hydrogen-bond donors (Lipinski definition) is 1. The third kappa shape index (κ3) is 3.04. The molecule has 2 nitrogen and oxygen atoms in total. The minimum Gasteiger partial charge on any atom is -0.314 e. The van der Waals surface area contributed by atoms with Crippen LogP contribution >= 0.6 is 0 Å². The Kier molecular flexibility index (Phi) is 4.36. The highest BCUT2D eigenvalue weighted by atomic mass is 32.2. The van der Waals surface area contributed by atoms with E-state index in [2.05, 4.69) is 39.9 Å². The van der Waals surface area contributed by atoms with E-state index in [1.807, 2.05) is 0 Å². The molecule has 0 bridgehead atoms. The fraction of sp³-hybridized carbons (Fsp3) is 1.00. The summed E-state index contributed by atoms with van der Waals surface area (Å²) in [5.41, 5.74) is 0. The van der Waals surface area contributed by atoms with Gasteiger partial charge in [0.25, 0.3) is 0 Å². The van der Waals surface area contributed by atoms with Crippen molar-refractivity contribution >= 4 is 10.8 Å². The second kappa shape index (κ2) is 4.96. The summed E-state index contributed by atoms with van der Waals surface area (Å²) in [7, 11) is -0.707. The second-order valence-corrected chi connectivity index (χ2v) is 7.97. The molecule has 0 heterocycles. The maximum atomic E-state index is 12.3. The summed E-state index contributed by atoms with van der Waals surface area (Å²) in [5, 5.41) is 3.88. The largest absolute Gasteiger partial charge is 0.314 e. The Morgan fingerprint density at radius 3 is 2.40 bits per heavy atom. The van der Waals surface area contributed by atoms with E-state index in [4.69, 9.17) is 0 Å². The average molecular weight is 231 g/mol. The third-order valence-corrected chi connectivity index (χ3v) is 5.75. The highest BCUT2D eigenvalue weighted by Crippen LogP contribution is 2.33. The Bertz CT molecular complexity index is 234. The first-order valence-electron chi connectivity index (χ1n) is 6.02. The summed E-state index contributed by atoms with van der Waals surface area (Å²) in [5.74, 6) is 0.546. The van der Waals surface area contributed by atoms with Gasteiger partial charge < -0.3 is 5.32 Å². The van der Waals surface area contributed by atoms with Crippen molar-refractivity contribution in [2.45, 2.75) is 63.5 Å². The van der Waals surface area contributed by atoms with Gasteiger partial charge in [0.1, 0.15) is 0 Å². The zero-order chi connectivity index (χ0) is 11.6. The Morgan fingerprint density at radius 2 is 1.93 bits per heavy atom. The maximum Gasteiger partial charge on any atom is 0.0394 e. The molecular formula is C12H25NOS. The van der Waals surface area contributed by atoms with Crippen LogP contribution in [-0.4, -0.2) is 26.8 Å². The summed E-state index contributed by atoms with van der Waals surface area (Å²) in [6.07, 6.45) is 2.30. The normalized spacial score (nSPS) is 34.3. The Morgan fingerprint density at radius 1 is 1.33 bits per heavy atom. The van der Waals surface area contributed by atoms with Crippen molar-refractivity contribution in [3.05, 3.63) is 0 Å². The van der Waals surface area contributed by atoms with Gasteiger partial charge in [-0.2, -0.15) is 0 Å². The first-order valence-corrected chi connectivity index (χ1v) is 7.23. The van der Waals surface area contributed by atoms with Crippen molar-refractivity contribution in [3.8, 4) is 0 Å². The van der Waals surface area contributed by atoms with Gasteiger partial charge in [-0.25, -0.2) is 0 Å². The van der Waals surface area contributed by atoms with Crippen LogP contribution in [0, 0.1) is 5.92 Å². The summed E-state index contributed by atoms with van der Waals surface area (Å²) in [6, 6.07) is 0.575. The van der Waals surface area contributed by atoms with E-state index in [0.29, 0.717) is 17.2 Å². The van der Waals surface area contributed by atoms with Crippen molar-refractivity contribution < 1.29 is 4.21 Å². The van der Waals surface area contributed by atoms with Crippen molar-refractivity contribution in [3.63, 3.8) is 0 Å². The van der Waals surface area contributed by atoms with E-state index < -0.39 is 10.8 Å². The van der Waals surface area contributed by atoms with Crippen LogP contribution in [0.25, 0.3) is 0 Å². The number of hydrogen-bond acceptors (Lipinski definition) is 2. The van der Waals surface area contributed by atoms with Crippen molar-refractivity contribution in [2.75, 3.05) is 6.54 Å². The molecule has 90 valence electrons. The van der Waals surface area contributed by atoms with Gasteiger partial charge >= 0.3 is 0 Å². The topological polar surface area (TPSA) is 29.1 Å². The van der Waals surface area contributed by atoms with Gasteiger partial charge in [-0.1, -0.05) is 13.8 Å². The average Bonchev–Trinajstić information content (AvgIpc) is 2.46. The lowest BCUT2D eigenvalue weighted by Gasteiger charge is -2.27. The van der Waals surface area contributed by atoms with E-state index in [1.54, 1.807) is 0 Å². The van der Waals surface area contributed by atoms with E-state index in [1.165, 1.54) is 6.42 Å². The lowest BCUT2D eigenvalue weighted by atomic mass is 10.1. The molecule has 3 heteroatoms. The number of rotatable bonds is 3. The fourth-order valence-electron chi connectivity index (χ4n) is 2.43. The lowest BCUT2D eigenvalue weighted by molar-refractivity contribution is 0.437. The predicted octanol–water partition coefficient (Wildman–Crippen LogP) is 2.31. The Labute approximate surface area is 96.7 Å². The van der Waals surface area contributed by atoms with Crippen LogP contribution in [0.2, 0.25) is 0 Å². The minimum atomic E-state index is -0.707. The zero-order valence-electron chi connectivity index (χ0n) is 10.7. The smallest absolute Gasteiger partial charge is 0.0394 e. The molecule has 1 rings (SSSR count). The third-order valence-electron chi connectivity index (χ3n) is 3.33. The van der Waals surface area contributed by atoms with E-state index >= 15 is 0 Å². The first-order chi connectivity index (χ1) is 6.88. The predicted molar refractivity (Wildman–Crippen MR) is 67.5 cm³/mol. The molecule has 0 radical (unpaired) electrons. The molecule has 0 spiro atoms. The number of nitrogens with one attached hydrogen (secondary N) is 1. The molecule has 15 heavy (non-hydrogen) atoms. The van der Waals surface area contributed by atoms with E-state index in [0.717, 1.165) is 13.0 Å². The molecule has 1 N–H and O–H groups in total. The van der Waals surface area contributed by atoms with Crippen LogP contribution in [0.5, 0.6) is 0 Å². The first kappa shape index (κ1) is 13.2. The van der Waals surface area contributed by atoms with Gasteiger partial charge in [-0.05, 0) is 46.1 Å². The molecule has 0 amide bonds. The molecule has 1 fully saturated rings. The van der Waals surface area contributed by atoms with Crippen molar-refractivity contribution in [2.24, 2.45) is 5.92 Å². The SMILES string of the molecule is CCNC1CCC(S(=O)C(C)(C)C)C1C. The van der Waals surface area contributed by atoms with Gasteiger partial charge in [-0.3, -0.25) is 4.21 Å². The summed E-state index contributed by atoms with van der Waals surface area (Å²) in [4.78, 5) is 0. The van der Waals surface area contributed by atoms with Crippen LogP contribution in [0.1, 0.15) is 47.5 Å². The van der Waals surface area contributed by atoms with Crippen LogP contribution in [0.15, 0.2) is 0 Å². The van der Waals surface area contributed by atoms with Crippen LogP contribution < -0.4 is 5.32 Å². The molecule has 1 aliphatic carbocycles. The summed E-state index contributed by atoms with van der Waals surface area (Å²) in [6.45, 7) is 11.6. The molecule has 4 atom stereocenters. The van der Waals surface area contributed by atoms with Gasteiger partial charge in [0.15, 0.2) is 0 Å². The molecule has 4 unspecified atom stereocenters. The molecule has 0 aromatic heterocycles. The van der Waals surface area contributed by atoms with Gasteiger partial charge in [0.05, 0.1) is 0 Å². The lowest BCUT2D eigenvalue weighted by Crippen LogP contribution is -2.38. The molecule has 1 saturated carbocycles. The standard InChI is InChI=1S/C12H25NOS/c1-6-13-10-7-8-11(9(10)2)15(14)12(3,4)5/h9-11,13H,6-8H2,1-5H3. The van der Waals surface area contributed by atoms with Gasteiger partial charge in [0.2, 0.25) is 0 Å². The summed E-state index contributed by atoms with van der Waals surface area (Å²) < 4.78 is 12.2. The minimum absolute atomic E-state index is 0.0694. The van der Waals surface area contributed by atoms with Gasteiger partial charge in [-0.15, -0.1) is 0 Å². The molecular weight excluding hydrogens is 206 g/mol. The molecule has 0 aliphatic heterocycles. The molecule has 0 aromatic rings. The molecule has 0 saturated heterocycles. The second-order valence-electron chi connectivity index (χ2n) is 5.55. The molecule has 0 aromatic carbocycles. The monoisotopic (exact) mass is 231 g/mol. The van der Waals surface area contributed by atoms with E-state index in [-0.39, 0.29) is 4.75 Å². The van der Waals surface area contributed by atoms with Crippen LogP contribution in [-0.2, 0) is 10.8 Å². The van der Waals surface area contributed by atoms with Crippen molar-refractivity contribution in [1.29, 1.82) is 0 Å². The quantitative estimate of drug-likeness (QED) is 0.807. The van der Waals surface area contributed by atoms with Gasteiger partial charge in [0, 0.05) is 26.8 Å². The summed E-state index contributed by atoms with van der Waals surface area (Å²) >= 11 is 0. The zero-order valence-corrected chi connectivity index (χ0v) is 11.5. The highest BCUT2D eigenvalue weighted by molar-refractivity contribution is 7.87.